The van der Waals surface area contributed by atoms with Crippen molar-refractivity contribution in [2.24, 2.45) is 5.11 Å². The zero-order chi connectivity index (χ0) is 11.1. The largest absolute Gasteiger partial charge is 0.354 e. The highest BCUT2D eigenvalue weighted by Gasteiger charge is 2.01. The Morgan fingerprint density at radius 3 is 2.53 bits per heavy atom. The van der Waals surface area contributed by atoms with Crippen molar-refractivity contribution in [1.29, 1.82) is 0 Å². The summed E-state index contributed by atoms with van der Waals surface area (Å²) in [7, 11) is 0. The van der Waals surface area contributed by atoms with Crippen LogP contribution in [0, 0.1) is 0 Å². The molecule has 0 spiro atoms. The van der Waals surface area contributed by atoms with Crippen LogP contribution in [0.1, 0.15) is 6.42 Å². The summed E-state index contributed by atoms with van der Waals surface area (Å²) in [6.07, 6.45) is 0.672. The minimum Gasteiger partial charge on any atom is -0.354 e. The topological polar surface area (TPSA) is 99.5 Å². The fourth-order valence-electron chi connectivity index (χ4n) is 0.800. The highest BCUT2D eigenvalue weighted by Crippen LogP contribution is 2.09. The van der Waals surface area contributed by atoms with E-state index >= 15 is 0 Å². The second kappa shape index (κ2) is 6.23. The van der Waals surface area contributed by atoms with E-state index in [1.165, 1.54) is 0 Å². The zero-order valence-corrected chi connectivity index (χ0v) is 9.07. The number of hydrogen-bond donors (Lipinski definition) is 1. The van der Waals surface area contributed by atoms with Crippen LogP contribution in [0.5, 0.6) is 0 Å². The Kier molecular flexibility index (Phi) is 4.89. The maximum atomic E-state index is 8.03. The van der Waals surface area contributed by atoms with Gasteiger partial charge in [0.1, 0.15) is 0 Å². The maximum Gasteiger partial charge on any atom is 0.228 e. The van der Waals surface area contributed by atoms with Crippen molar-refractivity contribution in [3.05, 3.63) is 21.0 Å². The van der Waals surface area contributed by atoms with E-state index in [9.17, 15) is 0 Å². The molecule has 80 valence electrons. The molecule has 0 aliphatic rings. The molecule has 0 bridgehead atoms. The summed E-state index contributed by atoms with van der Waals surface area (Å²) in [5.41, 5.74) is 8.03. The Labute approximate surface area is 95.5 Å². The fourth-order valence-corrected chi connectivity index (χ4v) is 1.16. The molecule has 9 heteroatoms. The second-order valence-corrected chi connectivity index (χ2v) is 3.11. The first kappa shape index (κ1) is 11.8. The molecular weight excluding hydrogens is 241 g/mol. The molecule has 1 aromatic rings. The van der Waals surface area contributed by atoms with Crippen LogP contribution in [-0.2, 0) is 0 Å². The van der Waals surface area contributed by atoms with Crippen molar-refractivity contribution in [3.8, 4) is 0 Å². The minimum atomic E-state index is 0.0348. The molecule has 1 heterocycles. The summed E-state index contributed by atoms with van der Waals surface area (Å²) in [6, 6.07) is 0. The number of anilines is 1. The Hall–Kier alpha value is -1.30. The molecule has 0 atom stereocenters. The number of rotatable bonds is 5. The van der Waals surface area contributed by atoms with Gasteiger partial charge in [-0.15, -0.1) is 0 Å². The van der Waals surface area contributed by atoms with Crippen molar-refractivity contribution in [1.82, 2.24) is 15.0 Å². The van der Waals surface area contributed by atoms with Crippen LogP contribution in [0.4, 0.5) is 5.95 Å². The Morgan fingerprint density at radius 2 is 1.93 bits per heavy atom. The summed E-state index contributed by atoms with van der Waals surface area (Å²) in [5.74, 6) is 0.306. The number of halogens is 2. The van der Waals surface area contributed by atoms with Crippen LogP contribution < -0.4 is 5.32 Å². The van der Waals surface area contributed by atoms with Crippen LogP contribution in [0.2, 0.25) is 10.6 Å². The van der Waals surface area contributed by atoms with E-state index in [0.29, 0.717) is 25.5 Å². The van der Waals surface area contributed by atoms with Gasteiger partial charge in [0.05, 0.1) is 0 Å². The third kappa shape index (κ3) is 4.64. The smallest absolute Gasteiger partial charge is 0.228 e. The molecule has 0 aromatic carbocycles. The number of nitrogens with zero attached hydrogens (tertiary/aromatic N) is 6. The van der Waals surface area contributed by atoms with Gasteiger partial charge in [-0.25, -0.2) is 0 Å². The number of nitrogens with one attached hydrogen (secondary N) is 1. The monoisotopic (exact) mass is 247 g/mol. The molecule has 7 nitrogen and oxygen atoms in total. The Morgan fingerprint density at radius 1 is 1.27 bits per heavy atom. The van der Waals surface area contributed by atoms with Crippen molar-refractivity contribution in [2.75, 3.05) is 18.4 Å². The van der Waals surface area contributed by atoms with Gasteiger partial charge in [-0.2, -0.15) is 15.0 Å². The average Bonchev–Trinajstić information content (AvgIpc) is 2.16. The summed E-state index contributed by atoms with van der Waals surface area (Å²) < 4.78 is 0. The predicted octanol–water partition coefficient (Wildman–Crippen LogP) is 2.29. The zero-order valence-electron chi connectivity index (χ0n) is 7.56. The van der Waals surface area contributed by atoms with Crippen molar-refractivity contribution in [3.63, 3.8) is 0 Å². The lowest BCUT2D eigenvalue weighted by atomic mass is 10.4. The second-order valence-electron chi connectivity index (χ2n) is 2.43. The number of aromatic nitrogens is 3. The lowest BCUT2D eigenvalue weighted by molar-refractivity contribution is 0.854. The van der Waals surface area contributed by atoms with Gasteiger partial charge < -0.3 is 5.32 Å². The standard InChI is InChI=1S/C6H7Cl2N7/c7-4-12-5(8)14-6(13-4)10-2-1-3-11-15-9/h1-3H2,(H,10,12,13,14). The van der Waals surface area contributed by atoms with Crippen LogP contribution >= 0.6 is 23.2 Å². The molecule has 1 N–H and O–H groups in total. The van der Waals surface area contributed by atoms with Gasteiger partial charge in [0.15, 0.2) is 0 Å². The highest BCUT2D eigenvalue weighted by atomic mass is 35.5. The molecule has 1 aromatic heterocycles. The highest BCUT2D eigenvalue weighted by molar-refractivity contribution is 6.31. The van der Waals surface area contributed by atoms with E-state index in [0.717, 1.165) is 0 Å². The maximum absolute atomic E-state index is 8.03. The first-order valence-electron chi connectivity index (χ1n) is 4.04. The third-order valence-electron chi connectivity index (χ3n) is 1.36. The summed E-state index contributed by atoms with van der Waals surface area (Å²) in [5, 5.41) is 6.31. The molecule has 0 radical (unpaired) electrons. The molecule has 0 unspecified atom stereocenters. The molecule has 0 aliphatic carbocycles. The first-order chi connectivity index (χ1) is 7.22. The summed E-state index contributed by atoms with van der Waals surface area (Å²) in [4.78, 5) is 13.8. The minimum absolute atomic E-state index is 0.0348. The fraction of sp³-hybridized carbons (Fsp3) is 0.500. The first-order valence-corrected chi connectivity index (χ1v) is 4.80. The summed E-state index contributed by atoms with van der Waals surface area (Å²) in [6.45, 7) is 0.978. The van der Waals surface area contributed by atoms with E-state index < -0.39 is 0 Å². The molecular formula is C6H7Cl2N7. The van der Waals surface area contributed by atoms with Crippen LogP contribution in [0.25, 0.3) is 10.4 Å². The molecule has 1 rings (SSSR count). The van der Waals surface area contributed by atoms with Gasteiger partial charge in [-0.1, -0.05) is 5.11 Å². The number of azide groups is 1. The predicted molar refractivity (Wildman–Crippen MR) is 57.0 cm³/mol. The van der Waals surface area contributed by atoms with Gasteiger partial charge in [0.2, 0.25) is 16.5 Å². The SMILES string of the molecule is [N-]=[N+]=NCCCNc1nc(Cl)nc(Cl)n1. The van der Waals surface area contributed by atoms with Crippen LogP contribution in [0.3, 0.4) is 0 Å². The Balaban J connectivity index is 2.40. The van der Waals surface area contributed by atoms with Crippen molar-refractivity contribution >= 4 is 29.2 Å². The average molecular weight is 248 g/mol. The Bertz CT molecular complexity index is 355. The van der Waals surface area contributed by atoms with Crippen molar-refractivity contribution in [2.45, 2.75) is 6.42 Å². The van der Waals surface area contributed by atoms with Crippen molar-refractivity contribution < 1.29 is 0 Å². The lowest BCUT2D eigenvalue weighted by Gasteiger charge is -2.02. The number of hydrogen-bond acceptors (Lipinski definition) is 5. The van der Waals surface area contributed by atoms with E-state index in [1.54, 1.807) is 0 Å². The van der Waals surface area contributed by atoms with E-state index in [4.69, 9.17) is 28.7 Å². The van der Waals surface area contributed by atoms with Crippen LogP contribution in [0.15, 0.2) is 5.11 Å². The summed E-state index contributed by atoms with van der Waals surface area (Å²) >= 11 is 11.1. The molecule has 15 heavy (non-hydrogen) atoms. The molecule has 0 aliphatic heterocycles. The molecule has 0 saturated heterocycles. The van der Waals surface area contributed by atoms with Gasteiger partial charge >= 0.3 is 0 Å². The van der Waals surface area contributed by atoms with Gasteiger partial charge in [-0.3, -0.25) is 0 Å². The van der Waals surface area contributed by atoms with E-state index in [2.05, 4.69) is 30.3 Å². The molecule has 0 amide bonds. The van der Waals surface area contributed by atoms with Gasteiger partial charge in [0, 0.05) is 18.0 Å². The normalized spacial score (nSPS) is 9.47. The van der Waals surface area contributed by atoms with Crippen LogP contribution in [-0.4, -0.2) is 28.0 Å². The quantitative estimate of drug-likeness (QED) is 0.374. The van der Waals surface area contributed by atoms with Gasteiger partial charge in [-0.05, 0) is 35.2 Å². The third-order valence-corrected chi connectivity index (χ3v) is 1.70. The van der Waals surface area contributed by atoms with E-state index in [1.807, 2.05) is 0 Å². The van der Waals surface area contributed by atoms with E-state index in [-0.39, 0.29) is 10.6 Å². The lowest BCUT2D eigenvalue weighted by Crippen LogP contribution is -2.07. The van der Waals surface area contributed by atoms with Gasteiger partial charge in [0.25, 0.3) is 0 Å². The molecule has 0 fully saturated rings. The molecule has 0 saturated carbocycles.